The number of rotatable bonds is 7. The number of aromatic nitrogens is 3. The van der Waals surface area contributed by atoms with E-state index in [1.807, 2.05) is 65.6 Å². The smallest absolute Gasteiger partial charge is 0.254 e. The molecule has 0 N–H and O–H groups in total. The molecular weight excluding hydrogens is 442 g/mol. The summed E-state index contributed by atoms with van der Waals surface area (Å²) in [5.74, 6) is 1.59. The lowest BCUT2D eigenvalue weighted by Gasteiger charge is -2.36. The van der Waals surface area contributed by atoms with E-state index in [9.17, 15) is 4.79 Å². The Hall–Kier alpha value is -4.04. The third kappa shape index (κ3) is 5.38. The number of nitrogens with zero attached hydrogens (tertiary/aromatic N) is 5. The SMILES string of the molecule is CC(c1nc(-c2ccccc2)no1)N1CCN(C(=O)c2ccnc(OCc3ccccc3)c2)CC1. The molecule has 0 saturated carbocycles. The summed E-state index contributed by atoms with van der Waals surface area (Å²) in [6, 6.07) is 23.1. The Balaban J connectivity index is 1.17. The number of piperazine rings is 1. The fourth-order valence-electron chi connectivity index (χ4n) is 4.11. The Morgan fingerprint density at radius 1 is 1.00 bits per heavy atom. The highest BCUT2D eigenvalue weighted by atomic mass is 16.5. The molecule has 0 bridgehead atoms. The Labute approximate surface area is 204 Å². The minimum absolute atomic E-state index is 0.0200. The summed E-state index contributed by atoms with van der Waals surface area (Å²) in [5, 5.41) is 4.13. The summed E-state index contributed by atoms with van der Waals surface area (Å²) in [6.07, 6.45) is 1.62. The molecule has 1 amide bonds. The van der Waals surface area contributed by atoms with Gasteiger partial charge in [-0.15, -0.1) is 0 Å². The monoisotopic (exact) mass is 469 g/mol. The number of pyridine rings is 1. The largest absolute Gasteiger partial charge is 0.473 e. The van der Waals surface area contributed by atoms with E-state index in [4.69, 9.17) is 9.26 Å². The maximum absolute atomic E-state index is 13.1. The van der Waals surface area contributed by atoms with Gasteiger partial charge in [0.15, 0.2) is 0 Å². The van der Waals surface area contributed by atoms with Gasteiger partial charge in [0, 0.05) is 49.6 Å². The highest BCUT2D eigenvalue weighted by Gasteiger charge is 2.28. The summed E-state index contributed by atoms with van der Waals surface area (Å²) in [6.45, 7) is 5.14. The van der Waals surface area contributed by atoms with Crippen LogP contribution in [0.4, 0.5) is 0 Å². The van der Waals surface area contributed by atoms with Crippen LogP contribution in [0, 0.1) is 0 Å². The molecule has 2 aromatic heterocycles. The van der Waals surface area contributed by atoms with Gasteiger partial charge in [-0.2, -0.15) is 4.98 Å². The van der Waals surface area contributed by atoms with Gasteiger partial charge >= 0.3 is 0 Å². The van der Waals surface area contributed by atoms with E-state index in [-0.39, 0.29) is 11.9 Å². The lowest BCUT2D eigenvalue weighted by atomic mass is 10.2. The molecular formula is C27H27N5O3. The van der Waals surface area contributed by atoms with E-state index in [0.717, 1.165) is 24.2 Å². The third-order valence-corrected chi connectivity index (χ3v) is 6.19. The average Bonchev–Trinajstić information content (AvgIpc) is 3.43. The van der Waals surface area contributed by atoms with Crippen LogP contribution in [-0.2, 0) is 6.61 Å². The van der Waals surface area contributed by atoms with Gasteiger partial charge in [-0.05, 0) is 18.6 Å². The molecule has 1 aliphatic rings. The van der Waals surface area contributed by atoms with E-state index in [0.29, 0.717) is 42.9 Å². The molecule has 4 aromatic rings. The number of hydrogen-bond donors (Lipinski definition) is 0. The summed E-state index contributed by atoms with van der Waals surface area (Å²) < 4.78 is 11.3. The molecule has 1 atom stereocenters. The first-order valence-electron chi connectivity index (χ1n) is 11.7. The first-order valence-corrected chi connectivity index (χ1v) is 11.7. The van der Waals surface area contributed by atoms with Gasteiger partial charge in [0.1, 0.15) is 6.61 Å². The number of hydrogen-bond acceptors (Lipinski definition) is 7. The van der Waals surface area contributed by atoms with Crippen molar-refractivity contribution in [1.29, 1.82) is 0 Å². The van der Waals surface area contributed by atoms with Crippen LogP contribution in [0.25, 0.3) is 11.4 Å². The molecule has 35 heavy (non-hydrogen) atoms. The fourth-order valence-corrected chi connectivity index (χ4v) is 4.11. The van der Waals surface area contributed by atoms with Crippen LogP contribution in [0.2, 0.25) is 0 Å². The van der Waals surface area contributed by atoms with E-state index >= 15 is 0 Å². The Kier molecular flexibility index (Phi) is 6.81. The molecule has 178 valence electrons. The molecule has 1 saturated heterocycles. The average molecular weight is 470 g/mol. The summed E-state index contributed by atoms with van der Waals surface area (Å²) >= 11 is 0. The molecule has 5 rings (SSSR count). The molecule has 2 aromatic carbocycles. The zero-order valence-corrected chi connectivity index (χ0v) is 19.6. The van der Waals surface area contributed by atoms with Crippen molar-refractivity contribution in [3.63, 3.8) is 0 Å². The Morgan fingerprint density at radius 2 is 1.71 bits per heavy atom. The fraction of sp³-hybridized carbons (Fsp3) is 0.259. The van der Waals surface area contributed by atoms with Crippen molar-refractivity contribution in [2.45, 2.75) is 19.6 Å². The predicted octanol–water partition coefficient (Wildman–Crippen LogP) is 4.23. The van der Waals surface area contributed by atoms with Crippen molar-refractivity contribution in [2.75, 3.05) is 26.2 Å². The minimum atomic E-state index is -0.0314. The van der Waals surface area contributed by atoms with E-state index in [1.165, 1.54) is 0 Å². The van der Waals surface area contributed by atoms with Gasteiger partial charge in [-0.3, -0.25) is 9.69 Å². The number of ether oxygens (including phenoxy) is 1. The van der Waals surface area contributed by atoms with Gasteiger partial charge in [-0.1, -0.05) is 65.8 Å². The van der Waals surface area contributed by atoms with Crippen molar-refractivity contribution >= 4 is 5.91 Å². The highest BCUT2D eigenvalue weighted by Crippen LogP contribution is 2.24. The number of benzene rings is 2. The highest BCUT2D eigenvalue weighted by molar-refractivity contribution is 5.94. The molecule has 0 aliphatic carbocycles. The van der Waals surface area contributed by atoms with E-state index in [2.05, 4.69) is 26.9 Å². The summed E-state index contributed by atoms with van der Waals surface area (Å²) in [7, 11) is 0. The first-order chi connectivity index (χ1) is 17.2. The van der Waals surface area contributed by atoms with Crippen LogP contribution >= 0.6 is 0 Å². The molecule has 8 heteroatoms. The molecule has 0 spiro atoms. The number of amides is 1. The van der Waals surface area contributed by atoms with Gasteiger partial charge in [0.2, 0.25) is 17.6 Å². The molecule has 1 fully saturated rings. The van der Waals surface area contributed by atoms with E-state index < -0.39 is 0 Å². The third-order valence-electron chi connectivity index (χ3n) is 6.19. The van der Waals surface area contributed by atoms with E-state index in [1.54, 1.807) is 18.3 Å². The molecule has 1 unspecified atom stereocenters. The predicted molar refractivity (Wildman–Crippen MR) is 131 cm³/mol. The maximum Gasteiger partial charge on any atom is 0.254 e. The van der Waals surface area contributed by atoms with Crippen LogP contribution in [0.5, 0.6) is 5.88 Å². The molecule has 0 radical (unpaired) electrons. The number of carbonyl (C=O) groups is 1. The topological polar surface area (TPSA) is 84.6 Å². The van der Waals surface area contributed by atoms with Crippen LogP contribution in [0.3, 0.4) is 0 Å². The van der Waals surface area contributed by atoms with Crippen LogP contribution in [0.15, 0.2) is 83.5 Å². The minimum Gasteiger partial charge on any atom is -0.473 e. The summed E-state index contributed by atoms with van der Waals surface area (Å²) in [4.78, 5) is 26.1. The summed E-state index contributed by atoms with van der Waals surface area (Å²) in [5.41, 5.74) is 2.55. The second-order valence-electron chi connectivity index (χ2n) is 8.48. The van der Waals surface area contributed by atoms with Gasteiger partial charge in [0.05, 0.1) is 6.04 Å². The Morgan fingerprint density at radius 3 is 2.46 bits per heavy atom. The molecule has 1 aliphatic heterocycles. The van der Waals surface area contributed by atoms with Crippen molar-refractivity contribution in [3.05, 3.63) is 96.0 Å². The van der Waals surface area contributed by atoms with Gasteiger partial charge in [0.25, 0.3) is 5.91 Å². The van der Waals surface area contributed by atoms with Crippen LogP contribution < -0.4 is 4.74 Å². The van der Waals surface area contributed by atoms with Crippen molar-refractivity contribution in [3.8, 4) is 17.3 Å². The van der Waals surface area contributed by atoms with Crippen LogP contribution in [0.1, 0.15) is 34.8 Å². The Bertz CT molecular complexity index is 1250. The van der Waals surface area contributed by atoms with Crippen molar-refractivity contribution < 1.29 is 14.1 Å². The standard InChI is InChI=1S/C27H27N5O3/c1-20(26-29-25(30-35-26)22-10-6-3-7-11-22)31-14-16-32(17-15-31)27(33)23-12-13-28-24(18-23)34-19-21-8-4-2-5-9-21/h2-13,18,20H,14-17,19H2,1H3. The number of carbonyl (C=O) groups excluding carboxylic acids is 1. The normalized spacial score (nSPS) is 15.1. The zero-order chi connectivity index (χ0) is 24.0. The zero-order valence-electron chi connectivity index (χ0n) is 19.6. The lowest BCUT2D eigenvalue weighted by molar-refractivity contribution is 0.0551. The van der Waals surface area contributed by atoms with Crippen molar-refractivity contribution in [1.82, 2.24) is 24.9 Å². The second kappa shape index (κ2) is 10.5. The molecule has 8 nitrogen and oxygen atoms in total. The second-order valence-corrected chi connectivity index (χ2v) is 8.48. The van der Waals surface area contributed by atoms with Gasteiger partial charge in [-0.25, -0.2) is 4.98 Å². The quantitative estimate of drug-likeness (QED) is 0.400. The maximum atomic E-state index is 13.1. The van der Waals surface area contributed by atoms with Crippen molar-refractivity contribution in [2.24, 2.45) is 0 Å². The lowest BCUT2D eigenvalue weighted by Crippen LogP contribution is -2.49. The van der Waals surface area contributed by atoms with Crippen LogP contribution in [-0.4, -0.2) is 57.0 Å². The molecule has 3 heterocycles. The first kappa shape index (κ1) is 22.7. The van der Waals surface area contributed by atoms with Gasteiger partial charge < -0.3 is 14.2 Å².